The minimum atomic E-state index is 0.0381. The van der Waals surface area contributed by atoms with E-state index in [1.165, 1.54) is 0 Å². The van der Waals surface area contributed by atoms with Crippen molar-refractivity contribution in [1.82, 2.24) is 4.90 Å². The van der Waals surface area contributed by atoms with Crippen molar-refractivity contribution in [3.8, 4) is 0 Å². The van der Waals surface area contributed by atoms with Crippen LogP contribution >= 0.6 is 0 Å². The van der Waals surface area contributed by atoms with Gasteiger partial charge >= 0.3 is 0 Å². The van der Waals surface area contributed by atoms with Gasteiger partial charge in [0.2, 0.25) is 0 Å². The monoisotopic (exact) mass is 113 g/mol. The van der Waals surface area contributed by atoms with E-state index in [1.54, 1.807) is 0 Å². The summed E-state index contributed by atoms with van der Waals surface area (Å²) in [7, 11) is 2.12. The van der Waals surface area contributed by atoms with Crippen LogP contribution in [0.15, 0.2) is 0 Å². The summed E-state index contributed by atoms with van der Waals surface area (Å²) in [5, 5.41) is 9.03. The molecular formula is C6H11NO. The second kappa shape index (κ2) is 1.25. The minimum Gasteiger partial charge on any atom is -0.393 e. The molecule has 0 aromatic rings. The Kier molecular flexibility index (Phi) is 0.746. The van der Waals surface area contributed by atoms with Crippen LogP contribution in [0.5, 0.6) is 0 Å². The molecule has 3 atom stereocenters. The first-order valence-corrected chi connectivity index (χ1v) is 3.17. The summed E-state index contributed by atoms with van der Waals surface area (Å²) in [4.78, 5) is 2.30. The second-order valence-electron chi connectivity index (χ2n) is 2.97. The Labute approximate surface area is 49.1 Å². The van der Waals surface area contributed by atoms with Crippen LogP contribution in [0.4, 0.5) is 0 Å². The van der Waals surface area contributed by atoms with Crippen molar-refractivity contribution in [2.45, 2.75) is 18.6 Å². The highest BCUT2D eigenvalue weighted by molar-refractivity contribution is 5.03. The molecule has 0 bridgehead atoms. The first-order valence-electron chi connectivity index (χ1n) is 3.17. The van der Waals surface area contributed by atoms with Crippen LogP contribution in [-0.4, -0.2) is 35.7 Å². The number of rotatable bonds is 0. The Hall–Kier alpha value is -0.0800. The molecule has 1 saturated carbocycles. The molecule has 0 amide bonds. The molecule has 2 nitrogen and oxygen atoms in total. The molecule has 0 radical (unpaired) electrons. The van der Waals surface area contributed by atoms with Gasteiger partial charge in [-0.1, -0.05) is 0 Å². The maximum absolute atomic E-state index is 9.03. The van der Waals surface area contributed by atoms with E-state index in [-0.39, 0.29) is 6.10 Å². The van der Waals surface area contributed by atoms with Crippen molar-refractivity contribution in [3.63, 3.8) is 0 Å². The molecule has 46 valence electrons. The van der Waals surface area contributed by atoms with Gasteiger partial charge in [0.1, 0.15) is 0 Å². The molecule has 0 aromatic carbocycles. The Morgan fingerprint density at radius 3 is 2.50 bits per heavy atom. The van der Waals surface area contributed by atoms with Gasteiger partial charge in [-0.2, -0.15) is 0 Å². The van der Waals surface area contributed by atoms with Crippen LogP contribution in [-0.2, 0) is 0 Å². The molecule has 2 heteroatoms. The number of aliphatic hydroxyl groups is 1. The SMILES string of the molecule is CN1C[C@@H]2C(O)CC21. The minimum absolute atomic E-state index is 0.0381. The number of piperidine rings is 1. The van der Waals surface area contributed by atoms with Crippen molar-refractivity contribution >= 4 is 0 Å². The lowest BCUT2D eigenvalue weighted by Crippen LogP contribution is -2.67. The smallest absolute Gasteiger partial charge is 0.0610 e. The third kappa shape index (κ3) is 0.361. The van der Waals surface area contributed by atoms with Crippen LogP contribution in [0.3, 0.4) is 0 Å². The molecule has 1 N–H and O–H groups in total. The Morgan fingerprint density at radius 1 is 1.62 bits per heavy atom. The van der Waals surface area contributed by atoms with Crippen LogP contribution in [0, 0.1) is 5.92 Å². The number of aliphatic hydroxyl groups excluding tert-OH is 1. The summed E-state index contributed by atoms with van der Waals surface area (Å²) in [5.74, 6) is 0.639. The molecular weight excluding hydrogens is 102 g/mol. The van der Waals surface area contributed by atoms with Gasteiger partial charge in [-0.05, 0) is 13.5 Å². The molecule has 0 aromatic heterocycles. The molecule has 1 aliphatic heterocycles. The van der Waals surface area contributed by atoms with Gasteiger partial charge in [-0.15, -0.1) is 0 Å². The van der Waals surface area contributed by atoms with E-state index >= 15 is 0 Å². The first kappa shape index (κ1) is 4.77. The third-order valence-electron chi connectivity index (χ3n) is 2.54. The number of hydrogen-bond donors (Lipinski definition) is 1. The Bertz CT molecular complexity index is 101. The Balaban J connectivity index is 1.96. The standard InChI is InChI=1S/C6H11NO/c1-7-3-4-5(7)2-6(4)8/h4-6,8H,2-3H2,1H3/t4-,5?,6?/m0/s1. The van der Waals surface area contributed by atoms with Gasteiger partial charge in [0.15, 0.2) is 0 Å². The van der Waals surface area contributed by atoms with E-state index in [4.69, 9.17) is 5.11 Å². The van der Waals surface area contributed by atoms with E-state index in [0.29, 0.717) is 5.92 Å². The van der Waals surface area contributed by atoms with Crippen molar-refractivity contribution < 1.29 is 5.11 Å². The van der Waals surface area contributed by atoms with Crippen LogP contribution < -0.4 is 0 Å². The summed E-state index contributed by atoms with van der Waals surface area (Å²) in [6.07, 6.45) is 1.05. The van der Waals surface area contributed by atoms with Gasteiger partial charge in [-0.3, -0.25) is 0 Å². The number of hydrogen-bond acceptors (Lipinski definition) is 2. The van der Waals surface area contributed by atoms with Crippen molar-refractivity contribution in [2.75, 3.05) is 13.6 Å². The molecule has 1 saturated heterocycles. The van der Waals surface area contributed by atoms with Gasteiger partial charge in [-0.25, -0.2) is 0 Å². The molecule has 1 heterocycles. The van der Waals surface area contributed by atoms with Crippen LogP contribution in [0.25, 0.3) is 0 Å². The normalized spacial score (nSPS) is 54.0. The molecule has 2 unspecified atom stereocenters. The van der Waals surface area contributed by atoms with E-state index in [9.17, 15) is 0 Å². The van der Waals surface area contributed by atoms with Gasteiger partial charge in [0.05, 0.1) is 6.10 Å². The summed E-state index contributed by atoms with van der Waals surface area (Å²) < 4.78 is 0. The summed E-state index contributed by atoms with van der Waals surface area (Å²) in [6, 6.07) is 0.741. The molecule has 2 aliphatic rings. The fraction of sp³-hybridized carbons (Fsp3) is 1.00. The number of nitrogens with zero attached hydrogens (tertiary/aromatic N) is 1. The molecule has 0 spiro atoms. The largest absolute Gasteiger partial charge is 0.393 e. The van der Waals surface area contributed by atoms with Crippen LogP contribution in [0.2, 0.25) is 0 Å². The topological polar surface area (TPSA) is 23.5 Å². The highest BCUT2D eigenvalue weighted by Gasteiger charge is 2.50. The highest BCUT2D eigenvalue weighted by Crippen LogP contribution is 2.40. The van der Waals surface area contributed by atoms with E-state index < -0.39 is 0 Å². The fourth-order valence-corrected chi connectivity index (χ4v) is 1.74. The quantitative estimate of drug-likeness (QED) is 0.465. The lowest BCUT2D eigenvalue weighted by molar-refractivity contribution is -0.138. The van der Waals surface area contributed by atoms with E-state index in [2.05, 4.69) is 11.9 Å². The highest BCUT2D eigenvalue weighted by atomic mass is 16.3. The summed E-state index contributed by atoms with van der Waals surface area (Å²) in [6.45, 7) is 1.12. The maximum atomic E-state index is 9.03. The van der Waals surface area contributed by atoms with Gasteiger partial charge in [0, 0.05) is 18.5 Å². The van der Waals surface area contributed by atoms with Gasteiger partial charge < -0.3 is 10.0 Å². The van der Waals surface area contributed by atoms with Crippen molar-refractivity contribution in [1.29, 1.82) is 0 Å². The first-order chi connectivity index (χ1) is 3.79. The van der Waals surface area contributed by atoms with Crippen LogP contribution in [0.1, 0.15) is 6.42 Å². The zero-order valence-electron chi connectivity index (χ0n) is 5.04. The van der Waals surface area contributed by atoms with Gasteiger partial charge in [0.25, 0.3) is 0 Å². The van der Waals surface area contributed by atoms with E-state index in [1.807, 2.05) is 0 Å². The summed E-state index contributed by atoms with van der Waals surface area (Å²) >= 11 is 0. The summed E-state index contributed by atoms with van der Waals surface area (Å²) in [5.41, 5.74) is 0. The van der Waals surface area contributed by atoms with E-state index in [0.717, 1.165) is 19.0 Å². The average molecular weight is 113 g/mol. The third-order valence-corrected chi connectivity index (χ3v) is 2.54. The Morgan fingerprint density at radius 2 is 2.38 bits per heavy atom. The lowest BCUT2D eigenvalue weighted by atomic mass is 9.69. The predicted molar refractivity (Wildman–Crippen MR) is 30.5 cm³/mol. The maximum Gasteiger partial charge on any atom is 0.0610 e. The fourth-order valence-electron chi connectivity index (χ4n) is 1.74. The lowest BCUT2D eigenvalue weighted by Gasteiger charge is -2.57. The van der Waals surface area contributed by atoms with Crippen molar-refractivity contribution in [2.24, 2.45) is 5.92 Å². The molecule has 8 heavy (non-hydrogen) atoms. The molecule has 2 rings (SSSR count). The number of fused-ring (bicyclic) bond motifs is 1. The molecule has 1 aliphatic carbocycles. The van der Waals surface area contributed by atoms with Crippen molar-refractivity contribution in [3.05, 3.63) is 0 Å². The molecule has 2 fully saturated rings. The zero-order chi connectivity index (χ0) is 5.72. The number of likely N-dealkylation sites (tertiary alicyclic amines) is 1. The average Bonchev–Trinajstić information content (AvgIpc) is 1.76. The second-order valence-corrected chi connectivity index (χ2v) is 2.97. The predicted octanol–water partition coefficient (Wildman–Crippen LogP) is -0.319. The zero-order valence-corrected chi connectivity index (χ0v) is 5.04.